The number of hydrogen-bond acceptors (Lipinski definition) is 3. The minimum atomic E-state index is 0.266. The molecule has 0 aromatic heterocycles. The van der Waals surface area contributed by atoms with Crippen molar-refractivity contribution in [1.29, 1.82) is 0 Å². The van der Waals surface area contributed by atoms with Crippen molar-refractivity contribution < 1.29 is 9.47 Å². The molecule has 0 saturated carbocycles. The maximum Gasteiger partial charge on any atom is 0.149 e. The van der Waals surface area contributed by atoms with Crippen LogP contribution in [0.1, 0.15) is 35.1 Å². The van der Waals surface area contributed by atoms with Crippen LogP contribution in [-0.2, 0) is 11.3 Å². The van der Waals surface area contributed by atoms with Gasteiger partial charge in [-0.05, 0) is 55.9 Å². The van der Waals surface area contributed by atoms with Gasteiger partial charge in [0.1, 0.15) is 11.2 Å². The Morgan fingerprint density at radius 2 is 1.95 bits per heavy atom. The maximum atomic E-state index is 6.14. The van der Waals surface area contributed by atoms with Crippen molar-refractivity contribution >= 4 is 27.7 Å². The van der Waals surface area contributed by atoms with E-state index in [1.54, 1.807) is 7.11 Å². The van der Waals surface area contributed by atoms with Gasteiger partial charge in [-0.25, -0.2) is 0 Å². The van der Waals surface area contributed by atoms with Crippen molar-refractivity contribution in [3.05, 3.63) is 22.3 Å². The Labute approximate surface area is 128 Å². The van der Waals surface area contributed by atoms with Crippen LogP contribution < -0.4 is 4.74 Å². The molecule has 0 fully saturated rings. The standard InChI is InChI=1S/C15H21BrO2S/c1-9-10(2)14-15(11(3)12(9)8-17-4)19-13(18-14)6-5-7-16/h13H,5-8H2,1-4H3. The van der Waals surface area contributed by atoms with Crippen LogP contribution in [0.3, 0.4) is 0 Å². The summed E-state index contributed by atoms with van der Waals surface area (Å²) in [4.78, 5) is 1.31. The maximum absolute atomic E-state index is 6.14. The van der Waals surface area contributed by atoms with Gasteiger partial charge < -0.3 is 9.47 Å². The lowest BCUT2D eigenvalue weighted by Crippen LogP contribution is -2.07. The fourth-order valence-corrected chi connectivity index (χ4v) is 4.07. The second-order valence-electron chi connectivity index (χ2n) is 4.94. The summed E-state index contributed by atoms with van der Waals surface area (Å²) in [5, 5.41) is 1.04. The minimum Gasteiger partial charge on any atom is -0.478 e. The van der Waals surface area contributed by atoms with Gasteiger partial charge in [-0.3, -0.25) is 0 Å². The first-order valence-electron chi connectivity index (χ1n) is 6.61. The molecule has 0 saturated heterocycles. The Morgan fingerprint density at radius 1 is 1.21 bits per heavy atom. The monoisotopic (exact) mass is 344 g/mol. The molecule has 0 N–H and O–H groups in total. The molecule has 1 aliphatic heterocycles. The van der Waals surface area contributed by atoms with Crippen LogP contribution in [0.25, 0.3) is 0 Å². The third-order valence-corrected chi connectivity index (χ3v) is 5.60. The Hall–Kier alpha value is -0.190. The predicted molar refractivity (Wildman–Crippen MR) is 84.7 cm³/mol. The normalized spacial score (nSPS) is 17.4. The fraction of sp³-hybridized carbons (Fsp3) is 0.600. The summed E-state index contributed by atoms with van der Waals surface area (Å²) in [7, 11) is 1.75. The van der Waals surface area contributed by atoms with E-state index in [1.165, 1.54) is 27.1 Å². The van der Waals surface area contributed by atoms with Crippen molar-refractivity contribution in [1.82, 2.24) is 0 Å². The lowest BCUT2D eigenvalue weighted by atomic mass is 9.97. The molecule has 2 rings (SSSR count). The molecule has 1 aliphatic rings. The minimum absolute atomic E-state index is 0.266. The molecule has 4 heteroatoms. The summed E-state index contributed by atoms with van der Waals surface area (Å²) >= 11 is 5.35. The Kier molecular flexibility index (Phi) is 5.21. The molecule has 2 nitrogen and oxygen atoms in total. The van der Waals surface area contributed by atoms with Crippen molar-refractivity contribution in [2.24, 2.45) is 0 Å². The van der Waals surface area contributed by atoms with Gasteiger partial charge >= 0.3 is 0 Å². The van der Waals surface area contributed by atoms with Gasteiger partial charge in [0.05, 0.1) is 11.5 Å². The number of benzene rings is 1. The van der Waals surface area contributed by atoms with Gasteiger partial charge in [-0.15, -0.1) is 0 Å². The van der Waals surface area contributed by atoms with E-state index in [4.69, 9.17) is 9.47 Å². The molecule has 0 aliphatic carbocycles. The summed E-state index contributed by atoms with van der Waals surface area (Å²) < 4.78 is 11.5. The van der Waals surface area contributed by atoms with Gasteiger partial charge in [0, 0.05) is 12.4 Å². The molecule has 0 bridgehead atoms. The van der Waals surface area contributed by atoms with Crippen molar-refractivity contribution in [3.63, 3.8) is 0 Å². The molecule has 106 valence electrons. The molecule has 19 heavy (non-hydrogen) atoms. The number of ether oxygens (including phenoxy) is 2. The van der Waals surface area contributed by atoms with E-state index >= 15 is 0 Å². The van der Waals surface area contributed by atoms with Crippen LogP contribution in [0.5, 0.6) is 5.75 Å². The van der Waals surface area contributed by atoms with Gasteiger partial charge in [0.25, 0.3) is 0 Å². The summed E-state index contributed by atoms with van der Waals surface area (Å²) in [5.41, 5.74) is 5.48. The van der Waals surface area contributed by atoms with E-state index < -0.39 is 0 Å². The van der Waals surface area contributed by atoms with Crippen LogP contribution in [0.4, 0.5) is 0 Å². The Balaban J connectivity index is 2.33. The summed E-state index contributed by atoms with van der Waals surface area (Å²) in [5.74, 6) is 1.10. The lowest BCUT2D eigenvalue weighted by Gasteiger charge is -2.16. The molecule has 0 spiro atoms. The van der Waals surface area contributed by atoms with Gasteiger partial charge in [0.15, 0.2) is 0 Å². The third kappa shape index (κ3) is 2.96. The third-order valence-electron chi connectivity index (χ3n) is 3.72. The van der Waals surface area contributed by atoms with Gasteiger partial charge in [0.2, 0.25) is 0 Å². The number of methoxy groups -OCH3 is 1. The smallest absolute Gasteiger partial charge is 0.149 e. The van der Waals surface area contributed by atoms with Crippen molar-refractivity contribution in [3.8, 4) is 5.75 Å². The summed E-state index contributed by atoms with van der Waals surface area (Å²) in [6, 6.07) is 0. The SMILES string of the molecule is COCc1c(C)c(C)c2c(c1C)SC(CCCBr)O2. The molecule has 1 aromatic carbocycles. The van der Waals surface area contributed by atoms with Crippen LogP contribution in [0.15, 0.2) is 4.90 Å². The van der Waals surface area contributed by atoms with Crippen LogP contribution in [0, 0.1) is 20.8 Å². The number of hydrogen-bond donors (Lipinski definition) is 0. The molecular formula is C15H21BrO2S. The lowest BCUT2D eigenvalue weighted by molar-refractivity contribution is 0.183. The average molecular weight is 345 g/mol. The van der Waals surface area contributed by atoms with Gasteiger partial charge in [-0.2, -0.15) is 0 Å². The molecule has 1 atom stereocenters. The Bertz CT molecular complexity index is 474. The highest BCUT2D eigenvalue weighted by Gasteiger charge is 2.29. The zero-order valence-corrected chi connectivity index (χ0v) is 14.4. The number of rotatable bonds is 5. The zero-order valence-electron chi connectivity index (χ0n) is 12.0. The molecule has 0 amide bonds. The number of thioether (sulfide) groups is 1. The van der Waals surface area contributed by atoms with E-state index in [-0.39, 0.29) is 5.44 Å². The highest BCUT2D eigenvalue weighted by molar-refractivity contribution is 9.09. The number of alkyl halides is 1. The largest absolute Gasteiger partial charge is 0.478 e. The van der Waals surface area contributed by atoms with E-state index in [0.29, 0.717) is 6.61 Å². The zero-order chi connectivity index (χ0) is 14.0. The fourth-order valence-electron chi connectivity index (χ4n) is 2.45. The number of fused-ring (bicyclic) bond motifs is 1. The van der Waals surface area contributed by atoms with Crippen LogP contribution in [0.2, 0.25) is 0 Å². The van der Waals surface area contributed by atoms with Crippen molar-refractivity contribution in [2.45, 2.75) is 50.6 Å². The van der Waals surface area contributed by atoms with E-state index in [2.05, 4.69) is 36.7 Å². The molecule has 1 aromatic rings. The van der Waals surface area contributed by atoms with E-state index in [1.807, 2.05) is 11.8 Å². The first kappa shape index (κ1) is 15.2. The van der Waals surface area contributed by atoms with E-state index in [9.17, 15) is 0 Å². The first-order chi connectivity index (χ1) is 9.10. The summed E-state index contributed by atoms with van der Waals surface area (Å²) in [6.45, 7) is 7.18. The second kappa shape index (κ2) is 6.51. The van der Waals surface area contributed by atoms with Crippen molar-refractivity contribution in [2.75, 3.05) is 12.4 Å². The van der Waals surface area contributed by atoms with Crippen LogP contribution in [-0.4, -0.2) is 17.9 Å². The van der Waals surface area contributed by atoms with Crippen LogP contribution >= 0.6 is 27.7 Å². The molecular weight excluding hydrogens is 324 g/mol. The van der Waals surface area contributed by atoms with E-state index in [0.717, 1.165) is 23.9 Å². The highest BCUT2D eigenvalue weighted by atomic mass is 79.9. The topological polar surface area (TPSA) is 18.5 Å². The summed E-state index contributed by atoms with van der Waals surface area (Å²) in [6.07, 6.45) is 2.23. The predicted octanol–water partition coefficient (Wildman–Crippen LogP) is 4.74. The average Bonchev–Trinajstić information content (AvgIpc) is 2.83. The highest BCUT2D eigenvalue weighted by Crippen LogP contribution is 2.48. The molecule has 1 unspecified atom stereocenters. The quantitative estimate of drug-likeness (QED) is 0.718. The first-order valence-corrected chi connectivity index (χ1v) is 8.61. The van der Waals surface area contributed by atoms with Gasteiger partial charge in [-0.1, -0.05) is 27.7 Å². The molecule has 0 radical (unpaired) electrons. The molecule has 1 heterocycles. The number of halogens is 1. The Morgan fingerprint density at radius 3 is 2.58 bits per heavy atom. The second-order valence-corrected chi connectivity index (χ2v) is 6.90.